The van der Waals surface area contributed by atoms with Crippen molar-refractivity contribution in [3.05, 3.63) is 0 Å². The van der Waals surface area contributed by atoms with E-state index >= 15 is 0 Å². The zero-order valence-corrected chi connectivity index (χ0v) is 32.8. The van der Waals surface area contributed by atoms with E-state index in [0.717, 1.165) is 19.3 Å². The molecule has 0 heterocycles. The maximum atomic E-state index is 8.57. The Kier molecular flexibility index (Phi) is 72.5. The van der Waals surface area contributed by atoms with E-state index in [4.69, 9.17) is 20.4 Å². The van der Waals surface area contributed by atoms with Gasteiger partial charge in [0.05, 0.1) is 0 Å². The molecule has 0 aliphatic carbocycles. The molecule has 0 aliphatic rings. The molecule has 0 aromatic heterocycles. The number of hydrogen-bond donors (Lipinski definition) is 4. The molecule has 0 rings (SSSR count). The molecule has 0 saturated heterocycles. The Morgan fingerprint density at radius 3 is 0.523 bits per heavy atom. The first-order valence-corrected chi connectivity index (χ1v) is 19.5. The van der Waals surface area contributed by atoms with E-state index < -0.39 is 0 Å². The second kappa shape index (κ2) is 59.0. The van der Waals surface area contributed by atoms with Crippen molar-refractivity contribution in [1.29, 1.82) is 0 Å². The van der Waals surface area contributed by atoms with E-state index in [0.29, 0.717) is 19.8 Å². The summed E-state index contributed by atoms with van der Waals surface area (Å²) in [5.74, 6) is 0. The number of hydrogen-bond acceptors (Lipinski definition) is 4. The summed E-state index contributed by atoms with van der Waals surface area (Å²) >= 11 is 0. The molecular formula is C39H86O4Ti. The standard InChI is InChI=1S/3C12H26O.C3H8O.Ti/c3*1-2-3-4-5-6-7-8-9-10-11-12-13;1-3(2)4;/h3*13H,2-12H2,1H3;3-4H,1-2H3;. The number of aliphatic hydroxyl groups excluding tert-OH is 4. The summed E-state index contributed by atoms with van der Waals surface area (Å²) in [7, 11) is 0. The van der Waals surface area contributed by atoms with Crippen molar-refractivity contribution in [2.24, 2.45) is 0 Å². The van der Waals surface area contributed by atoms with Gasteiger partial charge < -0.3 is 20.4 Å². The topological polar surface area (TPSA) is 80.9 Å². The molecule has 4 nitrogen and oxygen atoms in total. The van der Waals surface area contributed by atoms with Gasteiger partial charge in [0.25, 0.3) is 0 Å². The van der Waals surface area contributed by atoms with Crippen LogP contribution >= 0.6 is 0 Å². The van der Waals surface area contributed by atoms with E-state index in [9.17, 15) is 0 Å². The van der Waals surface area contributed by atoms with Gasteiger partial charge in [0, 0.05) is 47.6 Å². The van der Waals surface area contributed by atoms with Crippen molar-refractivity contribution in [3.63, 3.8) is 0 Å². The van der Waals surface area contributed by atoms with E-state index in [2.05, 4.69) is 20.8 Å². The van der Waals surface area contributed by atoms with Crippen LogP contribution < -0.4 is 0 Å². The Bertz CT molecular complexity index is 311. The summed E-state index contributed by atoms with van der Waals surface area (Å²) in [6.07, 6.45) is 39.7. The molecule has 0 saturated carbocycles. The number of rotatable bonds is 30. The van der Waals surface area contributed by atoms with E-state index in [-0.39, 0.29) is 27.8 Å². The molecule has 0 spiro atoms. The molecule has 0 bridgehead atoms. The molecule has 4 N–H and O–H groups in total. The normalized spacial score (nSPS) is 10.2. The molecule has 0 radical (unpaired) electrons. The van der Waals surface area contributed by atoms with Crippen molar-refractivity contribution in [2.45, 2.75) is 233 Å². The molecular weight excluding hydrogens is 580 g/mol. The zero-order valence-electron chi connectivity index (χ0n) is 31.2. The third-order valence-corrected chi connectivity index (χ3v) is 7.54. The zero-order chi connectivity index (χ0) is 32.9. The van der Waals surface area contributed by atoms with Gasteiger partial charge in [-0.1, -0.05) is 194 Å². The summed E-state index contributed by atoms with van der Waals surface area (Å²) in [5.41, 5.74) is 0. The Morgan fingerprint density at radius 2 is 0.409 bits per heavy atom. The van der Waals surface area contributed by atoms with Gasteiger partial charge in [-0.3, -0.25) is 0 Å². The average molecular weight is 667 g/mol. The van der Waals surface area contributed by atoms with Crippen LogP contribution in [0.2, 0.25) is 0 Å². The van der Waals surface area contributed by atoms with Crippen LogP contribution in [0.4, 0.5) is 0 Å². The molecule has 0 atom stereocenters. The Morgan fingerprint density at radius 1 is 0.295 bits per heavy atom. The molecule has 5 heteroatoms. The Hall–Kier alpha value is 0.554. The SMILES string of the molecule is CC(C)O.CCCCCCCCCCCCO.CCCCCCCCCCCCO.CCCCCCCCCCCCO.[Ti]. The van der Waals surface area contributed by atoms with Crippen molar-refractivity contribution in [3.8, 4) is 0 Å². The van der Waals surface area contributed by atoms with Gasteiger partial charge in [0.1, 0.15) is 0 Å². The van der Waals surface area contributed by atoms with Crippen molar-refractivity contribution >= 4 is 0 Å². The molecule has 0 aromatic rings. The smallest absolute Gasteiger partial charge is 0.0483 e. The molecule has 0 amide bonds. The minimum absolute atomic E-state index is 0. The van der Waals surface area contributed by atoms with Gasteiger partial charge in [0.2, 0.25) is 0 Å². The second-order valence-corrected chi connectivity index (χ2v) is 12.8. The molecule has 44 heavy (non-hydrogen) atoms. The number of unbranched alkanes of at least 4 members (excludes halogenated alkanes) is 27. The minimum atomic E-state index is -0.167. The molecule has 0 aliphatic heterocycles. The summed E-state index contributed by atoms with van der Waals surface area (Å²) in [6, 6.07) is 0. The van der Waals surface area contributed by atoms with Crippen LogP contribution in [0, 0.1) is 0 Å². The third-order valence-electron chi connectivity index (χ3n) is 7.54. The average Bonchev–Trinajstić information content (AvgIpc) is 2.99. The quantitative estimate of drug-likeness (QED) is 0.0454. The van der Waals surface area contributed by atoms with Gasteiger partial charge in [-0.25, -0.2) is 0 Å². The second-order valence-electron chi connectivity index (χ2n) is 12.8. The van der Waals surface area contributed by atoms with Gasteiger partial charge in [-0.05, 0) is 33.1 Å². The van der Waals surface area contributed by atoms with Gasteiger partial charge in [-0.2, -0.15) is 0 Å². The monoisotopic (exact) mass is 667 g/mol. The fourth-order valence-corrected chi connectivity index (χ4v) is 4.80. The van der Waals surface area contributed by atoms with E-state index in [1.54, 1.807) is 13.8 Å². The largest absolute Gasteiger partial charge is 0.396 e. The first-order chi connectivity index (χ1) is 21.0. The van der Waals surface area contributed by atoms with Crippen LogP contribution in [-0.2, 0) is 21.7 Å². The molecule has 0 fully saturated rings. The maximum Gasteiger partial charge on any atom is 0.0483 e. The van der Waals surface area contributed by atoms with Gasteiger partial charge >= 0.3 is 0 Å². The van der Waals surface area contributed by atoms with Crippen molar-refractivity contribution < 1.29 is 42.1 Å². The summed E-state index contributed by atoms with van der Waals surface area (Å²) in [4.78, 5) is 0. The summed E-state index contributed by atoms with van der Waals surface area (Å²) < 4.78 is 0. The third kappa shape index (κ3) is 78.7. The first kappa shape index (κ1) is 54.0. The van der Waals surface area contributed by atoms with Gasteiger partial charge in [0.15, 0.2) is 0 Å². The van der Waals surface area contributed by atoms with Gasteiger partial charge in [-0.15, -0.1) is 0 Å². The van der Waals surface area contributed by atoms with Crippen molar-refractivity contribution in [1.82, 2.24) is 0 Å². The van der Waals surface area contributed by atoms with Crippen LogP contribution in [0.3, 0.4) is 0 Å². The Balaban J connectivity index is -0.000000161. The van der Waals surface area contributed by atoms with Crippen LogP contribution in [0.15, 0.2) is 0 Å². The van der Waals surface area contributed by atoms with Crippen molar-refractivity contribution in [2.75, 3.05) is 19.8 Å². The Labute approximate surface area is 294 Å². The van der Waals surface area contributed by atoms with Crippen LogP contribution in [0.25, 0.3) is 0 Å². The number of aliphatic hydroxyl groups is 4. The summed E-state index contributed by atoms with van der Waals surface area (Å²) in [5, 5.41) is 33.8. The van der Waals surface area contributed by atoms with Crippen LogP contribution in [0.1, 0.15) is 227 Å². The fraction of sp³-hybridized carbons (Fsp3) is 1.00. The summed E-state index contributed by atoms with van der Waals surface area (Å²) in [6.45, 7) is 11.3. The van der Waals surface area contributed by atoms with E-state index in [1.807, 2.05) is 0 Å². The van der Waals surface area contributed by atoms with E-state index in [1.165, 1.54) is 173 Å². The molecule has 0 unspecified atom stereocenters. The predicted molar refractivity (Wildman–Crippen MR) is 194 cm³/mol. The maximum absolute atomic E-state index is 8.57. The molecule has 270 valence electrons. The van der Waals surface area contributed by atoms with Crippen LogP contribution in [-0.4, -0.2) is 46.4 Å². The fourth-order valence-electron chi connectivity index (χ4n) is 4.80. The first-order valence-electron chi connectivity index (χ1n) is 19.5. The molecule has 0 aromatic carbocycles. The predicted octanol–water partition coefficient (Wildman–Crippen LogP) is 12.1. The van der Waals surface area contributed by atoms with Crippen LogP contribution in [0.5, 0.6) is 0 Å². The minimum Gasteiger partial charge on any atom is -0.396 e.